The second kappa shape index (κ2) is 3.58. The maximum absolute atomic E-state index is 10.6. The normalized spacial score (nSPS) is 15.5. The summed E-state index contributed by atoms with van der Waals surface area (Å²) in [7, 11) is 0. The van der Waals surface area contributed by atoms with Crippen LogP contribution in [0.5, 0.6) is 0 Å². The molecule has 0 amide bonds. The zero-order valence-electron chi connectivity index (χ0n) is 5.63. The monoisotopic (exact) mass is 164 g/mol. The molecule has 0 aliphatic heterocycles. The second-order valence-electron chi connectivity index (χ2n) is 1.60. The first-order valence-corrected chi connectivity index (χ1v) is 3.14. The highest BCUT2D eigenvalue weighted by Crippen LogP contribution is 2.13. The molecule has 0 saturated carbocycles. The number of carbonyl (C=O) groups excluding carboxylic acids is 1. The van der Waals surface area contributed by atoms with Gasteiger partial charge in [-0.2, -0.15) is 0 Å². The number of hydrogen-bond acceptors (Lipinski definition) is 3. The Bertz CT molecular complexity index is 142. The van der Waals surface area contributed by atoms with Crippen molar-refractivity contribution < 1.29 is 14.6 Å². The van der Waals surface area contributed by atoms with Gasteiger partial charge in [-0.3, -0.25) is 0 Å². The maximum atomic E-state index is 10.6. The van der Waals surface area contributed by atoms with Crippen LogP contribution in [0.25, 0.3) is 0 Å². The standard InChI is InChI=1S/C6H9ClO3/c1-3-6(7,9)5(8)10-4-2/h3,9H,1,4H2,2H3. The maximum Gasteiger partial charge on any atom is 0.358 e. The Morgan fingerprint density at radius 1 is 2.00 bits per heavy atom. The highest BCUT2D eigenvalue weighted by Gasteiger charge is 2.30. The molecule has 0 spiro atoms. The average Bonchev–Trinajstić information content (AvgIpc) is 1.89. The summed E-state index contributed by atoms with van der Waals surface area (Å²) in [4.78, 5) is 10.6. The fourth-order valence-electron chi connectivity index (χ4n) is 0.316. The van der Waals surface area contributed by atoms with Crippen LogP contribution in [0, 0.1) is 0 Å². The molecule has 1 N–H and O–H groups in total. The van der Waals surface area contributed by atoms with Crippen molar-refractivity contribution in [1.29, 1.82) is 0 Å². The molecule has 1 atom stereocenters. The third-order valence-electron chi connectivity index (χ3n) is 0.832. The van der Waals surface area contributed by atoms with Crippen LogP contribution >= 0.6 is 11.6 Å². The zero-order chi connectivity index (χ0) is 8.20. The van der Waals surface area contributed by atoms with Gasteiger partial charge < -0.3 is 9.84 Å². The van der Waals surface area contributed by atoms with Crippen LogP contribution in [0.4, 0.5) is 0 Å². The van der Waals surface area contributed by atoms with Gasteiger partial charge in [0.15, 0.2) is 0 Å². The van der Waals surface area contributed by atoms with E-state index in [-0.39, 0.29) is 6.61 Å². The molecule has 58 valence electrons. The Kier molecular flexibility index (Phi) is 3.39. The predicted octanol–water partition coefficient (Wildman–Crippen LogP) is 0.663. The van der Waals surface area contributed by atoms with Gasteiger partial charge in [0.25, 0.3) is 5.06 Å². The average molecular weight is 165 g/mol. The van der Waals surface area contributed by atoms with Gasteiger partial charge in [0.1, 0.15) is 0 Å². The van der Waals surface area contributed by atoms with Gasteiger partial charge in [0, 0.05) is 0 Å². The van der Waals surface area contributed by atoms with Crippen LogP contribution < -0.4 is 0 Å². The minimum Gasteiger partial charge on any atom is -0.463 e. The molecule has 3 nitrogen and oxygen atoms in total. The van der Waals surface area contributed by atoms with Gasteiger partial charge in [0.05, 0.1) is 6.61 Å². The smallest absolute Gasteiger partial charge is 0.358 e. The summed E-state index contributed by atoms with van der Waals surface area (Å²) in [6, 6.07) is 0. The van der Waals surface area contributed by atoms with Crippen molar-refractivity contribution >= 4 is 17.6 Å². The number of alkyl halides is 1. The molecule has 0 rings (SSSR count). The molecule has 0 aromatic rings. The number of ether oxygens (including phenoxy) is 1. The van der Waals surface area contributed by atoms with E-state index in [2.05, 4.69) is 11.3 Å². The number of esters is 1. The molecule has 0 aromatic carbocycles. The summed E-state index contributed by atoms with van der Waals surface area (Å²) >= 11 is 5.21. The summed E-state index contributed by atoms with van der Waals surface area (Å²) in [5.41, 5.74) is 0. The van der Waals surface area contributed by atoms with Crippen LogP contribution in [-0.2, 0) is 9.53 Å². The summed E-state index contributed by atoms with van der Waals surface area (Å²) in [5.74, 6) is -0.897. The van der Waals surface area contributed by atoms with Gasteiger partial charge in [-0.05, 0) is 13.0 Å². The fraction of sp³-hybridized carbons (Fsp3) is 0.500. The van der Waals surface area contributed by atoms with Crippen molar-refractivity contribution in [3.8, 4) is 0 Å². The molecule has 0 aliphatic rings. The van der Waals surface area contributed by atoms with E-state index in [0.717, 1.165) is 6.08 Å². The Morgan fingerprint density at radius 2 is 2.50 bits per heavy atom. The number of carbonyl (C=O) groups is 1. The lowest BCUT2D eigenvalue weighted by atomic mass is 10.3. The Balaban J connectivity index is 4.04. The first-order chi connectivity index (χ1) is 4.54. The number of rotatable bonds is 3. The SMILES string of the molecule is C=CC(O)(Cl)C(=O)OCC. The number of hydrogen-bond donors (Lipinski definition) is 1. The Labute approximate surface area is 64.2 Å². The van der Waals surface area contributed by atoms with Crippen molar-refractivity contribution in [2.45, 2.75) is 12.0 Å². The van der Waals surface area contributed by atoms with Crippen molar-refractivity contribution in [3.63, 3.8) is 0 Å². The molecule has 0 heterocycles. The lowest BCUT2D eigenvalue weighted by Crippen LogP contribution is -2.31. The molecule has 1 unspecified atom stereocenters. The first kappa shape index (κ1) is 9.46. The lowest BCUT2D eigenvalue weighted by Gasteiger charge is -2.12. The minimum absolute atomic E-state index is 0.182. The van der Waals surface area contributed by atoms with Gasteiger partial charge in [-0.25, -0.2) is 4.79 Å². The quantitative estimate of drug-likeness (QED) is 0.379. The molecule has 10 heavy (non-hydrogen) atoms. The zero-order valence-corrected chi connectivity index (χ0v) is 6.39. The predicted molar refractivity (Wildman–Crippen MR) is 37.6 cm³/mol. The van der Waals surface area contributed by atoms with Crippen LogP contribution in [0.15, 0.2) is 12.7 Å². The van der Waals surface area contributed by atoms with Crippen molar-refractivity contribution in [2.24, 2.45) is 0 Å². The summed E-state index contributed by atoms with van der Waals surface area (Å²) in [6.45, 7) is 4.95. The third-order valence-corrected chi connectivity index (χ3v) is 1.14. The summed E-state index contributed by atoms with van der Waals surface area (Å²) in [6.07, 6.45) is 0.909. The highest BCUT2D eigenvalue weighted by atomic mass is 35.5. The van der Waals surface area contributed by atoms with Gasteiger partial charge in [-0.15, -0.1) is 0 Å². The van der Waals surface area contributed by atoms with Gasteiger partial charge in [0.2, 0.25) is 0 Å². The largest absolute Gasteiger partial charge is 0.463 e. The second-order valence-corrected chi connectivity index (χ2v) is 2.17. The van der Waals surface area contributed by atoms with Crippen LogP contribution in [0.1, 0.15) is 6.92 Å². The first-order valence-electron chi connectivity index (χ1n) is 2.76. The molecular weight excluding hydrogens is 156 g/mol. The van der Waals surface area contributed by atoms with E-state index < -0.39 is 11.0 Å². The van der Waals surface area contributed by atoms with Crippen LogP contribution in [-0.4, -0.2) is 22.7 Å². The molecule has 0 aromatic heterocycles. The van der Waals surface area contributed by atoms with E-state index in [1.165, 1.54) is 0 Å². The Morgan fingerprint density at radius 3 is 2.80 bits per heavy atom. The summed E-state index contributed by atoms with van der Waals surface area (Å²) < 4.78 is 4.41. The fourth-order valence-corrected chi connectivity index (χ4v) is 0.370. The number of aliphatic hydroxyl groups is 1. The van der Waals surface area contributed by atoms with E-state index in [1.54, 1.807) is 6.92 Å². The van der Waals surface area contributed by atoms with E-state index >= 15 is 0 Å². The molecule has 0 bridgehead atoms. The minimum atomic E-state index is -2.07. The van der Waals surface area contributed by atoms with E-state index in [1.807, 2.05) is 0 Å². The van der Waals surface area contributed by atoms with E-state index in [9.17, 15) is 4.79 Å². The van der Waals surface area contributed by atoms with E-state index in [4.69, 9.17) is 16.7 Å². The molecule has 0 saturated heterocycles. The highest BCUT2D eigenvalue weighted by molar-refractivity contribution is 6.33. The molecule has 0 aliphatic carbocycles. The molecule has 0 fully saturated rings. The topological polar surface area (TPSA) is 46.5 Å². The van der Waals surface area contributed by atoms with Gasteiger partial charge >= 0.3 is 5.97 Å². The van der Waals surface area contributed by atoms with Crippen LogP contribution in [0.2, 0.25) is 0 Å². The van der Waals surface area contributed by atoms with Crippen LogP contribution in [0.3, 0.4) is 0 Å². The van der Waals surface area contributed by atoms with Crippen molar-refractivity contribution in [3.05, 3.63) is 12.7 Å². The third kappa shape index (κ3) is 2.37. The molecule has 0 radical (unpaired) electrons. The lowest BCUT2D eigenvalue weighted by molar-refractivity contribution is -0.153. The Hall–Kier alpha value is -0.540. The number of halogens is 1. The molecular formula is C6H9ClO3. The van der Waals surface area contributed by atoms with Crippen molar-refractivity contribution in [2.75, 3.05) is 6.61 Å². The van der Waals surface area contributed by atoms with Gasteiger partial charge in [-0.1, -0.05) is 18.2 Å². The molecule has 4 heteroatoms. The van der Waals surface area contributed by atoms with Crippen molar-refractivity contribution in [1.82, 2.24) is 0 Å². The van der Waals surface area contributed by atoms with E-state index in [0.29, 0.717) is 0 Å². The summed E-state index contributed by atoms with van der Waals surface area (Å²) in [5, 5.41) is 6.82.